The van der Waals surface area contributed by atoms with E-state index < -0.39 is 41.1 Å². The largest absolute Gasteiger partial charge is 0.479 e. The molecule has 3 rings (SSSR count). The summed E-state index contributed by atoms with van der Waals surface area (Å²) in [7, 11) is 0. The van der Waals surface area contributed by atoms with Crippen LogP contribution in [0.1, 0.15) is 49.8 Å². The summed E-state index contributed by atoms with van der Waals surface area (Å²) in [5.74, 6) is -2.17. The lowest BCUT2D eigenvalue weighted by molar-refractivity contribution is -0.145. The Morgan fingerprint density at radius 1 is 1.23 bits per heavy atom. The van der Waals surface area contributed by atoms with Crippen molar-refractivity contribution in [3.8, 4) is 5.75 Å². The zero-order valence-corrected chi connectivity index (χ0v) is 19.3. The van der Waals surface area contributed by atoms with Crippen LogP contribution >= 0.6 is 0 Å². The van der Waals surface area contributed by atoms with Crippen molar-refractivity contribution in [2.45, 2.75) is 58.0 Å². The lowest BCUT2D eigenvalue weighted by Crippen LogP contribution is -2.26. The maximum absolute atomic E-state index is 13.0. The third kappa shape index (κ3) is 6.69. The summed E-state index contributed by atoms with van der Waals surface area (Å²) in [4.78, 5) is 27.6. The highest BCUT2D eigenvalue weighted by atomic mass is 19.4. The van der Waals surface area contributed by atoms with E-state index >= 15 is 0 Å². The minimum absolute atomic E-state index is 0.0141. The highest BCUT2D eigenvalue weighted by Gasteiger charge is 2.33. The summed E-state index contributed by atoms with van der Waals surface area (Å²) in [6.07, 6.45) is -3.76. The van der Waals surface area contributed by atoms with Crippen LogP contribution in [0.4, 0.5) is 18.9 Å². The number of nitrogens with one attached hydrogen (secondary N) is 1. The Bertz CT molecular complexity index is 1230. The van der Waals surface area contributed by atoms with Crippen LogP contribution in [0.2, 0.25) is 0 Å². The summed E-state index contributed by atoms with van der Waals surface area (Å²) in [6, 6.07) is 5.87. The molecule has 0 bridgehead atoms. The quantitative estimate of drug-likeness (QED) is 0.409. The second-order valence-electron chi connectivity index (χ2n) is 8.57. The van der Waals surface area contributed by atoms with Crippen LogP contribution in [0.15, 0.2) is 36.5 Å². The maximum Gasteiger partial charge on any atom is 0.433 e. The van der Waals surface area contributed by atoms with Crippen molar-refractivity contribution in [1.29, 1.82) is 0 Å². The minimum Gasteiger partial charge on any atom is -0.479 e. The molecule has 12 heteroatoms. The summed E-state index contributed by atoms with van der Waals surface area (Å²) in [6.45, 7) is 5.31. The molecule has 188 valence electrons. The molecule has 2 aromatic heterocycles. The molecule has 9 nitrogen and oxygen atoms in total. The number of aliphatic carboxylic acids is 1. The lowest BCUT2D eigenvalue weighted by atomic mass is 10.1. The smallest absolute Gasteiger partial charge is 0.433 e. The number of aliphatic hydroxyl groups is 1. The van der Waals surface area contributed by atoms with Crippen LogP contribution in [0.25, 0.3) is 10.9 Å². The van der Waals surface area contributed by atoms with Crippen LogP contribution in [-0.2, 0) is 17.5 Å². The van der Waals surface area contributed by atoms with Crippen LogP contribution in [-0.4, -0.2) is 48.6 Å². The first kappa shape index (κ1) is 25.9. The summed E-state index contributed by atoms with van der Waals surface area (Å²) in [5, 5.41) is 26.8. The molecule has 1 aromatic carbocycles. The second kappa shape index (κ2) is 9.90. The number of ether oxygens (including phenoxy) is 1. The number of alkyl halides is 3. The first-order valence-corrected chi connectivity index (χ1v) is 10.8. The number of nitrogens with zero attached hydrogens (tertiary/aromatic N) is 3. The topological polar surface area (TPSA) is 127 Å². The Labute approximate surface area is 198 Å². The molecule has 0 radical (unpaired) electrons. The molecule has 3 aromatic rings. The molecule has 0 spiro atoms. The summed E-state index contributed by atoms with van der Waals surface area (Å²) in [5.41, 5.74) is -2.13. The fraction of sp³-hybridized carbons (Fsp3) is 0.391. The molecule has 0 saturated carbocycles. The van der Waals surface area contributed by atoms with Crippen molar-refractivity contribution in [3.05, 3.63) is 47.9 Å². The number of carbonyl (C=O) groups excluding carboxylic acids is 1. The average Bonchev–Trinajstić information content (AvgIpc) is 3.16. The maximum atomic E-state index is 13.0. The zero-order valence-electron chi connectivity index (χ0n) is 19.3. The molecule has 1 unspecified atom stereocenters. The van der Waals surface area contributed by atoms with Gasteiger partial charge in [-0.25, -0.2) is 9.78 Å². The molecular formula is C23H25F3N4O5. The fourth-order valence-electron chi connectivity index (χ4n) is 3.17. The Balaban J connectivity index is 1.98. The Kier molecular flexibility index (Phi) is 7.34. The van der Waals surface area contributed by atoms with E-state index in [1.54, 1.807) is 31.6 Å². The van der Waals surface area contributed by atoms with Crippen molar-refractivity contribution in [2.75, 3.05) is 5.32 Å². The van der Waals surface area contributed by atoms with Crippen LogP contribution in [0.3, 0.4) is 0 Å². The van der Waals surface area contributed by atoms with Gasteiger partial charge in [-0.1, -0.05) is 13.0 Å². The molecule has 0 fully saturated rings. The second-order valence-corrected chi connectivity index (χ2v) is 8.57. The van der Waals surface area contributed by atoms with Crippen molar-refractivity contribution in [1.82, 2.24) is 14.8 Å². The number of aryl methyl sites for hydroxylation is 1. The molecule has 0 aliphatic rings. The number of halogens is 3. The van der Waals surface area contributed by atoms with E-state index in [1.807, 2.05) is 0 Å². The van der Waals surface area contributed by atoms with E-state index in [-0.39, 0.29) is 17.9 Å². The highest BCUT2D eigenvalue weighted by Crippen LogP contribution is 2.32. The number of anilines is 1. The van der Waals surface area contributed by atoms with Crippen molar-refractivity contribution < 1.29 is 37.7 Å². The molecular weight excluding hydrogens is 469 g/mol. The van der Waals surface area contributed by atoms with Crippen LogP contribution in [0, 0.1) is 0 Å². The van der Waals surface area contributed by atoms with E-state index in [2.05, 4.69) is 15.4 Å². The van der Waals surface area contributed by atoms with Crippen molar-refractivity contribution >= 4 is 28.5 Å². The van der Waals surface area contributed by atoms with E-state index in [4.69, 9.17) is 4.74 Å². The highest BCUT2D eigenvalue weighted by molar-refractivity contribution is 6.05. The van der Waals surface area contributed by atoms with Crippen LogP contribution in [0.5, 0.6) is 5.75 Å². The molecule has 0 saturated heterocycles. The first-order valence-electron chi connectivity index (χ1n) is 10.8. The van der Waals surface area contributed by atoms with Gasteiger partial charge in [-0.15, -0.1) is 0 Å². The molecule has 1 amide bonds. The normalized spacial score (nSPS) is 13.0. The van der Waals surface area contributed by atoms with Crippen molar-refractivity contribution in [2.24, 2.45) is 0 Å². The predicted molar refractivity (Wildman–Crippen MR) is 120 cm³/mol. The number of hydrogen-bond acceptors (Lipinski definition) is 6. The van der Waals surface area contributed by atoms with Gasteiger partial charge in [0.2, 0.25) is 0 Å². The first-order chi connectivity index (χ1) is 16.3. The fourth-order valence-corrected chi connectivity index (χ4v) is 3.17. The van der Waals surface area contributed by atoms with E-state index in [9.17, 15) is 33.0 Å². The van der Waals surface area contributed by atoms with Gasteiger partial charge in [-0.3, -0.25) is 9.48 Å². The van der Waals surface area contributed by atoms with E-state index in [0.29, 0.717) is 23.9 Å². The molecule has 0 aliphatic carbocycles. The number of carboxylic acids is 1. The minimum atomic E-state index is -4.73. The monoisotopic (exact) mass is 494 g/mol. The number of carbonyl (C=O) groups is 2. The molecule has 1 atom stereocenters. The molecule has 0 aliphatic heterocycles. The number of amides is 1. The number of carboxylic acid groups (broad SMARTS) is 1. The number of rotatable bonds is 9. The number of pyridine rings is 1. The van der Waals surface area contributed by atoms with E-state index in [1.165, 1.54) is 12.1 Å². The molecule has 2 heterocycles. The third-order valence-electron chi connectivity index (χ3n) is 5.04. The van der Waals surface area contributed by atoms with Gasteiger partial charge in [0.1, 0.15) is 17.1 Å². The lowest BCUT2D eigenvalue weighted by Gasteiger charge is -2.17. The number of benzene rings is 1. The number of aromatic nitrogens is 3. The van der Waals surface area contributed by atoms with Gasteiger partial charge in [0, 0.05) is 24.2 Å². The molecule has 35 heavy (non-hydrogen) atoms. The average molecular weight is 494 g/mol. The summed E-state index contributed by atoms with van der Waals surface area (Å²) >= 11 is 0. The standard InChI is InChI=1S/C23H25F3N4O5/c1-4-17(21(32)33)35-18-11-15-13(12-30(29-15)9-8-22(2,3)34)10-16(18)28-20(31)14-6-5-7-19(27-14)23(24,25)26/h5-7,10-12,17,34H,4,8-9H2,1-3H3,(H,28,31)(H,32,33). The third-order valence-corrected chi connectivity index (χ3v) is 5.04. The Morgan fingerprint density at radius 3 is 2.54 bits per heavy atom. The Morgan fingerprint density at radius 2 is 1.94 bits per heavy atom. The van der Waals surface area contributed by atoms with E-state index in [0.717, 1.165) is 18.2 Å². The van der Waals surface area contributed by atoms with Gasteiger partial charge >= 0.3 is 12.1 Å². The van der Waals surface area contributed by atoms with Gasteiger partial charge in [0.25, 0.3) is 5.91 Å². The summed E-state index contributed by atoms with van der Waals surface area (Å²) < 4.78 is 46.2. The van der Waals surface area contributed by atoms with Gasteiger partial charge < -0.3 is 20.3 Å². The van der Waals surface area contributed by atoms with Gasteiger partial charge in [-0.2, -0.15) is 18.3 Å². The zero-order chi connectivity index (χ0) is 26.0. The van der Waals surface area contributed by atoms with Gasteiger partial charge in [0.15, 0.2) is 6.10 Å². The van der Waals surface area contributed by atoms with Crippen LogP contribution < -0.4 is 10.1 Å². The predicted octanol–water partition coefficient (Wildman–Crippen LogP) is 4.11. The van der Waals surface area contributed by atoms with Gasteiger partial charge in [-0.05, 0) is 44.9 Å². The SMILES string of the molecule is CCC(Oc1cc2nn(CCC(C)(C)O)cc2cc1NC(=O)c1cccc(C(F)(F)F)n1)C(=O)O. The Hall–Kier alpha value is -3.67. The molecule has 3 N–H and O–H groups in total. The van der Waals surface area contributed by atoms with Crippen molar-refractivity contribution in [3.63, 3.8) is 0 Å². The number of fused-ring (bicyclic) bond motifs is 1. The van der Waals surface area contributed by atoms with Gasteiger partial charge in [0.05, 0.1) is 16.8 Å². The number of hydrogen-bond donors (Lipinski definition) is 3.